The summed E-state index contributed by atoms with van der Waals surface area (Å²) >= 11 is 11.9. The van der Waals surface area contributed by atoms with Gasteiger partial charge in [-0.05, 0) is 30.3 Å². The third kappa shape index (κ3) is 3.64. The molecule has 0 spiro atoms. The second-order valence-electron chi connectivity index (χ2n) is 4.81. The van der Waals surface area contributed by atoms with Gasteiger partial charge in [0.15, 0.2) is 5.82 Å². The maximum atomic E-state index is 12.2. The van der Waals surface area contributed by atoms with Gasteiger partial charge in [-0.3, -0.25) is 9.59 Å². The van der Waals surface area contributed by atoms with Crippen LogP contribution in [0.1, 0.15) is 0 Å². The Morgan fingerprint density at radius 3 is 2.79 bits per heavy atom. The van der Waals surface area contributed by atoms with Crippen LogP contribution in [0, 0.1) is 0 Å². The maximum Gasteiger partial charge on any atom is 0.267 e. The minimum Gasteiger partial charge on any atom is -0.323 e. The molecule has 9 heteroatoms. The van der Waals surface area contributed by atoms with Crippen LogP contribution < -0.4 is 10.9 Å². The number of anilines is 1. The highest BCUT2D eigenvalue weighted by Crippen LogP contribution is 2.25. The third-order valence-corrected chi connectivity index (χ3v) is 3.65. The first-order chi connectivity index (χ1) is 11.5. The molecule has 0 atom stereocenters. The number of nitrogens with zero attached hydrogens (tertiary/aromatic N) is 4. The topological polar surface area (TPSA) is 81.8 Å². The van der Waals surface area contributed by atoms with Gasteiger partial charge in [-0.2, -0.15) is 5.10 Å². The quantitative estimate of drug-likeness (QED) is 0.771. The van der Waals surface area contributed by atoms with E-state index in [9.17, 15) is 9.59 Å². The van der Waals surface area contributed by atoms with Crippen LogP contribution >= 0.6 is 23.2 Å². The average Bonchev–Trinajstić information content (AvgIpc) is 3.07. The van der Waals surface area contributed by atoms with Gasteiger partial charge < -0.3 is 5.32 Å². The molecule has 0 radical (unpaired) electrons. The molecule has 7 nitrogen and oxygen atoms in total. The zero-order valence-corrected chi connectivity index (χ0v) is 13.7. The summed E-state index contributed by atoms with van der Waals surface area (Å²) in [6, 6.07) is 9.28. The van der Waals surface area contributed by atoms with Gasteiger partial charge in [-0.15, -0.1) is 5.10 Å². The summed E-state index contributed by atoms with van der Waals surface area (Å²) < 4.78 is 2.53. The highest BCUT2D eigenvalue weighted by Gasteiger charge is 2.10. The van der Waals surface area contributed by atoms with Crippen LogP contribution in [0.4, 0.5) is 5.69 Å². The molecule has 0 unspecified atom stereocenters. The zero-order chi connectivity index (χ0) is 17.1. The minimum absolute atomic E-state index is 0.267. The Labute approximate surface area is 146 Å². The Balaban J connectivity index is 1.80. The Morgan fingerprint density at radius 1 is 1.21 bits per heavy atom. The number of hydrogen-bond donors (Lipinski definition) is 1. The number of hydrogen-bond acceptors (Lipinski definition) is 4. The summed E-state index contributed by atoms with van der Waals surface area (Å²) in [5, 5.41) is 11.5. The van der Waals surface area contributed by atoms with Crippen LogP contribution in [-0.2, 0) is 11.3 Å². The predicted molar refractivity (Wildman–Crippen MR) is 90.7 cm³/mol. The van der Waals surface area contributed by atoms with Gasteiger partial charge in [0.1, 0.15) is 6.54 Å². The van der Waals surface area contributed by atoms with Crippen molar-refractivity contribution in [3.8, 4) is 5.82 Å². The molecular weight excluding hydrogens is 353 g/mol. The van der Waals surface area contributed by atoms with E-state index in [0.29, 0.717) is 21.6 Å². The molecule has 3 aromatic rings. The van der Waals surface area contributed by atoms with E-state index in [1.54, 1.807) is 30.6 Å². The van der Waals surface area contributed by atoms with Crippen LogP contribution in [0.5, 0.6) is 0 Å². The van der Waals surface area contributed by atoms with Gasteiger partial charge in [0, 0.05) is 23.5 Å². The Hall–Kier alpha value is -2.64. The molecule has 24 heavy (non-hydrogen) atoms. The second-order valence-corrected chi connectivity index (χ2v) is 5.65. The zero-order valence-electron chi connectivity index (χ0n) is 12.2. The van der Waals surface area contributed by atoms with E-state index in [4.69, 9.17) is 23.2 Å². The van der Waals surface area contributed by atoms with Crippen molar-refractivity contribution in [1.29, 1.82) is 0 Å². The second kappa shape index (κ2) is 6.86. The maximum absolute atomic E-state index is 12.2. The summed E-state index contributed by atoms with van der Waals surface area (Å²) in [5.41, 5.74) is -0.0382. The lowest BCUT2D eigenvalue weighted by Crippen LogP contribution is -2.30. The number of aromatic nitrogens is 4. The fraction of sp³-hybridized carbons (Fsp3) is 0.0667. The monoisotopic (exact) mass is 363 g/mol. The smallest absolute Gasteiger partial charge is 0.267 e. The minimum atomic E-state index is -0.452. The van der Waals surface area contributed by atoms with Gasteiger partial charge in [0.2, 0.25) is 5.91 Å². The van der Waals surface area contributed by atoms with Crippen LogP contribution in [0.15, 0.2) is 53.6 Å². The molecular formula is C15H11Cl2N5O2. The van der Waals surface area contributed by atoms with Gasteiger partial charge >= 0.3 is 0 Å². The number of halogens is 2. The van der Waals surface area contributed by atoms with E-state index in [1.165, 1.54) is 22.9 Å². The van der Waals surface area contributed by atoms with Crippen molar-refractivity contribution in [3.63, 3.8) is 0 Å². The van der Waals surface area contributed by atoms with E-state index in [1.807, 2.05) is 0 Å². The molecule has 0 fully saturated rings. The normalized spacial score (nSPS) is 10.6. The van der Waals surface area contributed by atoms with Gasteiger partial charge in [-0.1, -0.05) is 23.2 Å². The molecule has 0 saturated heterocycles. The molecule has 2 aromatic heterocycles. The van der Waals surface area contributed by atoms with Gasteiger partial charge in [0.05, 0.1) is 10.7 Å². The summed E-state index contributed by atoms with van der Waals surface area (Å²) in [6.07, 6.45) is 3.27. The lowest BCUT2D eigenvalue weighted by Gasteiger charge is -2.09. The van der Waals surface area contributed by atoms with E-state index < -0.39 is 11.5 Å². The van der Waals surface area contributed by atoms with Gasteiger partial charge in [0.25, 0.3) is 5.56 Å². The largest absolute Gasteiger partial charge is 0.323 e. The van der Waals surface area contributed by atoms with Crippen molar-refractivity contribution < 1.29 is 4.79 Å². The van der Waals surface area contributed by atoms with Crippen molar-refractivity contribution >= 4 is 34.8 Å². The number of amides is 1. The van der Waals surface area contributed by atoms with E-state index in [0.717, 1.165) is 4.68 Å². The lowest BCUT2D eigenvalue weighted by atomic mass is 10.3. The molecule has 0 aliphatic rings. The van der Waals surface area contributed by atoms with Crippen LogP contribution in [0.25, 0.3) is 5.82 Å². The van der Waals surface area contributed by atoms with Crippen LogP contribution in [-0.4, -0.2) is 25.5 Å². The third-order valence-electron chi connectivity index (χ3n) is 3.09. The molecule has 0 bridgehead atoms. The summed E-state index contributed by atoms with van der Waals surface area (Å²) in [5.74, 6) is -0.0282. The fourth-order valence-corrected chi connectivity index (χ4v) is 2.33. The first kappa shape index (κ1) is 16.2. The standard InChI is InChI=1S/C15H11Cl2N5O2/c16-10-2-3-11(17)12(8-10)19-14(23)9-22-15(24)5-4-13(20-22)21-7-1-6-18-21/h1-8H,9H2,(H,19,23). The molecule has 1 amide bonds. The average molecular weight is 364 g/mol. The Bertz CT molecular complexity index is 937. The number of benzene rings is 1. The number of carbonyl (C=O) groups is 1. The molecule has 1 N–H and O–H groups in total. The molecule has 122 valence electrons. The number of carbonyl (C=O) groups excluding carboxylic acids is 1. The Morgan fingerprint density at radius 2 is 2.04 bits per heavy atom. The lowest BCUT2D eigenvalue weighted by molar-refractivity contribution is -0.117. The SMILES string of the molecule is O=C(Cn1nc(-n2cccn2)ccc1=O)Nc1cc(Cl)ccc1Cl. The molecule has 3 rings (SSSR count). The van der Waals surface area contributed by atoms with Gasteiger partial charge in [-0.25, -0.2) is 9.36 Å². The van der Waals surface area contributed by atoms with Crippen molar-refractivity contribution in [2.24, 2.45) is 0 Å². The van der Waals surface area contributed by atoms with Crippen LogP contribution in [0.3, 0.4) is 0 Å². The van der Waals surface area contributed by atoms with Crippen molar-refractivity contribution in [1.82, 2.24) is 19.6 Å². The molecule has 0 aliphatic carbocycles. The van der Waals surface area contributed by atoms with E-state index >= 15 is 0 Å². The highest BCUT2D eigenvalue weighted by molar-refractivity contribution is 6.35. The first-order valence-corrected chi connectivity index (χ1v) is 7.61. The van der Waals surface area contributed by atoms with E-state index in [-0.39, 0.29) is 6.54 Å². The number of nitrogens with one attached hydrogen (secondary N) is 1. The summed E-state index contributed by atoms with van der Waals surface area (Å²) in [7, 11) is 0. The van der Waals surface area contributed by atoms with Crippen LogP contribution in [0.2, 0.25) is 10.0 Å². The predicted octanol–water partition coefficient (Wildman–Crippen LogP) is 2.37. The summed E-state index contributed by atoms with van der Waals surface area (Å²) in [6.45, 7) is -0.267. The van der Waals surface area contributed by atoms with Crippen molar-refractivity contribution in [2.45, 2.75) is 6.54 Å². The fourth-order valence-electron chi connectivity index (χ4n) is 2.00. The first-order valence-electron chi connectivity index (χ1n) is 6.86. The molecule has 0 aliphatic heterocycles. The summed E-state index contributed by atoms with van der Waals surface area (Å²) in [4.78, 5) is 24.1. The molecule has 0 saturated carbocycles. The number of rotatable bonds is 4. The van der Waals surface area contributed by atoms with Crippen molar-refractivity contribution in [3.05, 3.63) is 69.2 Å². The Kier molecular flexibility index (Phi) is 4.64. The molecule has 1 aromatic carbocycles. The van der Waals surface area contributed by atoms with Crippen molar-refractivity contribution in [2.75, 3.05) is 5.32 Å². The van der Waals surface area contributed by atoms with E-state index in [2.05, 4.69) is 15.5 Å². The molecule has 2 heterocycles. The highest BCUT2D eigenvalue weighted by atomic mass is 35.5.